The molecule has 0 atom stereocenters. The maximum Gasteiger partial charge on any atom is 0.405 e. The van der Waals surface area contributed by atoms with Gasteiger partial charge in [0, 0.05) is 6.54 Å². The van der Waals surface area contributed by atoms with Crippen LogP contribution >= 0.6 is 7.75 Å². The molecule has 0 fully saturated rings. The number of unbranched alkanes of at least 4 members (excludes halogenated alkanes) is 20. The highest BCUT2D eigenvalue weighted by atomic mass is 31.2. The molecule has 0 rings (SSSR count). The predicted molar refractivity (Wildman–Crippen MR) is 172 cm³/mol. The van der Waals surface area contributed by atoms with Gasteiger partial charge in [-0.05, 0) is 45.3 Å². The second-order valence-corrected chi connectivity index (χ2v) is 13.2. The van der Waals surface area contributed by atoms with Crippen molar-refractivity contribution in [2.75, 3.05) is 39.4 Å². The molecule has 0 aromatic rings. The van der Waals surface area contributed by atoms with Gasteiger partial charge in [0.15, 0.2) is 0 Å². The number of rotatable bonds is 34. The van der Waals surface area contributed by atoms with Gasteiger partial charge in [0.2, 0.25) is 0 Å². The molecular weight excluding hydrogens is 505 g/mol. The molecule has 0 aliphatic heterocycles. The summed E-state index contributed by atoms with van der Waals surface area (Å²) >= 11 is 0. The van der Waals surface area contributed by atoms with Crippen LogP contribution in [0.15, 0.2) is 0 Å². The van der Waals surface area contributed by atoms with Crippen LogP contribution < -0.4 is 16.1 Å². The molecule has 6 nitrogen and oxygen atoms in total. The lowest BCUT2D eigenvalue weighted by Crippen LogP contribution is -2.24. The number of nitrogens with two attached hydrogens (primary N) is 1. The highest BCUT2D eigenvalue weighted by Crippen LogP contribution is 2.44. The summed E-state index contributed by atoms with van der Waals surface area (Å²) in [5.41, 5.74) is 5.54. The van der Waals surface area contributed by atoms with Crippen LogP contribution in [-0.4, -0.2) is 39.4 Å². The summed E-state index contributed by atoms with van der Waals surface area (Å²) in [4.78, 5) is 0. The minimum Gasteiger partial charge on any atom is -0.330 e. The summed E-state index contributed by atoms with van der Waals surface area (Å²) in [5, 5.41) is 6.48. The molecule has 0 spiro atoms. The first-order chi connectivity index (χ1) is 19.2. The van der Waals surface area contributed by atoms with E-state index in [4.69, 9.17) is 14.8 Å². The van der Waals surface area contributed by atoms with Gasteiger partial charge >= 0.3 is 7.75 Å². The average molecular weight is 576 g/mol. The Morgan fingerprint density at radius 3 is 1.23 bits per heavy atom. The SMILES string of the molecule is CCCCCCCCCCCCCOP(=O)(NCCCNCCCN)OCCCCCCCCCCCCC. The Kier molecular flexibility index (Phi) is 32.6. The summed E-state index contributed by atoms with van der Waals surface area (Å²) in [6.45, 7) is 8.71. The lowest BCUT2D eigenvalue weighted by Gasteiger charge is -2.19. The molecule has 7 heteroatoms. The summed E-state index contributed by atoms with van der Waals surface area (Å²) in [6, 6.07) is 0. The Balaban J connectivity index is 4.00. The summed E-state index contributed by atoms with van der Waals surface area (Å²) in [6.07, 6.45) is 30.3. The van der Waals surface area contributed by atoms with Crippen molar-refractivity contribution in [3.05, 3.63) is 0 Å². The third-order valence-corrected chi connectivity index (χ3v) is 9.07. The predicted octanol–water partition coefficient (Wildman–Crippen LogP) is 9.67. The fraction of sp³-hybridized carbons (Fsp3) is 1.00. The average Bonchev–Trinajstić information content (AvgIpc) is 2.94. The van der Waals surface area contributed by atoms with Crippen LogP contribution in [-0.2, 0) is 13.6 Å². The zero-order valence-electron chi connectivity index (χ0n) is 26.5. The molecule has 0 saturated heterocycles. The van der Waals surface area contributed by atoms with Crippen molar-refractivity contribution in [3.63, 3.8) is 0 Å². The molecule has 4 N–H and O–H groups in total. The van der Waals surface area contributed by atoms with Crippen molar-refractivity contribution in [3.8, 4) is 0 Å². The fourth-order valence-corrected chi connectivity index (χ4v) is 6.24. The van der Waals surface area contributed by atoms with Crippen molar-refractivity contribution in [2.24, 2.45) is 5.73 Å². The van der Waals surface area contributed by atoms with Gasteiger partial charge in [0.1, 0.15) is 0 Å². The Bertz CT molecular complexity index is 479. The van der Waals surface area contributed by atoms with Crippen molar-refractivity contribution in [2.45, 2.75) is 168 Å². The van der Waals surface area contributed by atoms with E-state index >= 15 is 0 Å². The van der Waals surface area contributed by atoms with Gasteiger partial charge in [-0.2, -0.15) is 0 Å². The van der Waals surface area contributed by atoms with Gasteiger partial charge in [-0.3, -0.25) is 9.05 Å². The molecule has 0 saturated carbocycles. The zero-order chi connectivity index (χ0) is 28.5. The molecule has 0 aliphatic rings. The lowest BCUT2D eigenvalue weighted by atomic mass is 10.1. The normalized spacial score (nSPS) is 12.0. The molecule has 0 radical (unpaired) electrons. The van der Waals surface area contributed by atoms with Crippen molar-refractivity contribution in [1.29, 1.82) is 0 Å². The topological polar surface area (TPSA) is 85.6 Å². The third-order valence-electron chi connectivity index (χ3n) is 7.41. The molecule has 0 aliphatic carbocycles. The van der Waals surface area contributed by atoms with Crippen molar-refractivity contribution < 1.29 is 13.6 Å². The van der Waals surface area contributed by atoms with E-state index in [0.717, 1.165) is 51.6 Å². The van der Waals surface area contributed by atoms with Gasteiger partial charge in [-0.15, -0.1) is 0 Å². The Morgan fingerprint density at radius 1 is 0.487 bits per heavy atom. The second kappa shape index (κ2) is 32.5. The quantitative estimate of drug-likeness (QED) is 0.0523. The van der Waals surface area contributed by atoms with Crippen LogP contribution in [0.1, 0.15) is 168 Å². The highest BCUT2D eigenvalue weighted by Gasteiger charge is 2.23. The Morgan fingerprint density at radius 2 is 0.846 bits per heavy atom. The monoisotopic (exact) mass is 576 g/mol. The standard InChI is InChI=1S/C32H70N3O3P/c1-3-5-7-9-11-13-15-17-19-21-23-31-37-39(36,35-30-26-29-34-28-25-27-33)38-32-24-22-20-18-16-14-12-10-8-6-4-2/h34H,3-33H2,1-2H3,(H,35,36). The lowest BCUT2D eigenvalue weighted by molar-refractivity contribution is 0.189. The summed E-state index contributed by atoms with van der Waals surface area (Å²) < 4.78 is 25.0. The first-order valence-corrected chi connectivity index (χ1v) is 18.8. The van der Waals surface area contributed by atoms with Crippen molar-refractivity contribution >= 4 is 7.75 Å². The van der Waals surface area contributed by atoms with E-state index in [9.17, 15) is 4.57 Å². The molecule has 236 valence electrons. The molecule has 39 heavy (non-hydrogen) atoms. The summed E-state index contributed by atoms with van der Waals surface area (Å²) in [5.74, 6) is 0. The number of hydrogen-bond donors (Lipinski definition) is 3. The minimum atomic E-state index is -3.24. The van der Waals surface area contributed by atoms with Gasteiger partial charge in [0.25, 0.3) is 0 Å². The Hall–Kier alpha value is 0.0300. The highest BCUT2D eigenvalue weighted by molar-refractivity contribution is 7.51. The van der Waals surface area contributed by atoms with Gasteiger partial charge in [-0.1, -0.05) is 142 Å². The first-order valence-electron chi connectivity index (χ1n) is 17.2. The van der Waals surface area contributed by atoms with Crippen LogP contribution in [0.3, 0.4) is 0 Å². The molecule has 0 bridgehead atoms. The second-order valence-electron chi connectivity index (χ2n) is 11.4. The van der Waals surface area contributed by atoms with Crippen molar-refractivity contribution in [1.82, 2.24) is 10.4 Å². The zero-order valence-corrected chi connectivity index (χ0v) is 27.4. The maximum absolute atomic E-state index is 13.3. The molecule has 0 unspecified atom stereocenters. The van der Waals surface area contributed by atoms with E-state index in [-0.39, 0.29) is 0 Å². The van der Waals surface area contributed by atoms with Gasteiger partial charge < -0.3 is 11.1 Å². The largest absolute Gasteiger partial charge is 0.405 e. The number of nitrogens with one attached hydrogen (secondary N) is 2. The van der Waals surface area contributed by atoms with Gasteiger partial charge in [0.05, 0.1) is 13.2 Å². The Labute approximate surface area is 244 Å². The fourth-order valence-electron chi connectivity index (χ4n) is 4.81. The van der Waals surface area contributed by atoms with Crippen LogP contribution in [0.5, 0.6) is 0 Å². The van der Waals surface area contributed by atoms with E-state index in [1.807, 2.05) is 0 Å². The molecule has 0 amide bonds. The molecule has 0 heterocycles. The third kappa shape index (κ3) is 30.8. The molecule has 0 aromatic carbocycles. The van der Waals surface area contributed by atoms with Gasteiger partial charge in [-0.25, -0.2) is 9.65 Å². The first kappa shape index (κ1) is 39.0. The van der Waals surface area contributed by atoms with Crippen LogP contribution in [0.2, 0.25) is 0 Å². The van der Waals surface area contributed by atoms with Crippen LogP contribution in [0.25, 0.3) is 0 Å². The van der Waals surface area contributed by atoms with Crippen LogP contribution in [0.4, 0.5) is 0 Å². The van der Waals surface area contributed by atoms with Crippen LogP contribution in [0, 0.1) is 0 Å². The minimum absolute atomic E-state index is 0.508. The molecular formula is C32H70N3O3P. The van der Waals surface area contributed by atoms with E-state index in [1.54, 1.807) is 0 Å². The number of hydrogen-bond acceptors (Lipinski definition) is 5. The van der Waals surface area contributed by atoms with E-state index in [2.05, 4.69) is 24.3 Å². The van der Waals surface area contributed by atoms with E-state index in [1.165, 1.54) is 116 Å². The maximum atomic E-state index is 13.3. The summed E-state index contributed by atoms with van der Waals surface area (Å²) in [7, 11) is -3.24. The van der Waals surface area contributed by atoms with E-state index in [0.29, 0.717) is 26.3 Å². The molecule has 0 aromatic heterocycles. The van der Waals surface area contributed by atoms with E-state index < -0.39 is 7.75 Å². The smallest absolute Gasteiger partial charge is 0.330 e.